The Labute approximate surface area is 89.7 Å². The van der Waals surface area contributed by atoms with Crippen LogP contribution in [0.1, 0.15) is 6.92 Å². The average molecular weight is 257 g/mol. The number of H-pyrrole nitrogens is 1. The molecule has 1 heterocycles. The van der Waals surface area contributed by atoms with E-state index in [0.29, 0.717) is 0 Å². The number of nitrogens with one attached hydrogen (secondary N) is 1. The highest BCUT2D eigenvalue weighted by Gasteiger charge is 2.04. The highest BCUT2D eigenvalue weighted by molar-refractivity contribution is 9.10. The molecule has 1 aromatic carbocycles. The molecule has 2 aromatic rings. The van der Waals surface area contributed by atoms with Crippen molar-refractivity contribution in [1.29, 1.82) is 0 Å². The zero-order valence-electron chi connectivity index (χ0n) is 7.17. The summed E-state index contributed by atoms with van der Waals surface area (Å²) in [6.45, 7) is 2.98. The van der Waals surface area contributed by atoms with E-state index in [1.807, 2.05) is 18.2 Å². The number of hydrogen-bond acceptors (Lipinski definition) is 1. The predicted octanol–water partition coefficient (Wildman–Crippen LogP) is 3.48. The molecule has 0 saturated heterocycles. The van der Waals surface area contributed by atoms with Gasteiger partial charge in [-0.05, 0) is 47.2 Å². The number of aryl methyl sites for hydroxylation is 1. The number of aromatic nitrogens is 2. The number of benzene rings is 1. The summed E-state index contributed by atoms with van der Waals surface area (Å²) in [4.78, 5) is 3.17. The third kappa shape index (κ3) is 1.34. The molecule has 0 atom stereocenters. The second-order valence-electron chi connectivity index (χ2n) is 2.81. The summed E-state index contributed by atoms with van der Waals surface area (Å²) in [7, 11) is 0. The molecular weight excluding hydrogens is 248 g/mol. The molecule has 0 unspecified atom stereocenters. The van der Waals surface area contributed by atoms with Crippen LogP contribution in [0.15, 0.2) is 22.7 Å². The van der Waals surface area contributed by atoms with Crippen molar-refractivity contribution in [3.63, 3.8) is 0 Å². The molecule has 13 heavy (non-hydrogen) atoms. The van der Waals surface area contributed by atoms with Crippen LogP contribution in [0.5, 0.6) is 0 Å². The molecule has 0 spiro atoms. The van der Waals surface area contributed by atoms with E-state index in [2.05, 4.69) is 32.4 Å². The van der Waals surface area contributed by atoms with Crippen LogP contribution >= 0.6 is 28.1 Å². The zero-order chi connectivity index (χ0) is 9.42. The Bertz CT molecular complexity index is 498. The second-order valence-corrected chi connectivity index (χ2v) is 4.05. The van der Waals surface area contributed by atoms with Gasteiger partial charge in [0.05, 0.1) is 11.0 Å². The molecule has 0 bridgehead atoms. The summed E-state index contributed by atoms with van der Waals surface area (Å²) in [5, 5.41) is 0. The first-order valence-corrected chi connectivity index (χ1v) is 5.31. The Morgan fingerprint density at radius 1 is 1.54 bits per heavy atom. The van der Waals surface area contributed by atoms with E-state index < -0.39 is 0 Å². The molecule has 0 aliphatic rings. The quantitative estimate of drug-likeness (QED) is 0.775. The minimum absolute atomic E-state index is 0.782. The Balaban J connectivity index is 2.96. The van der Waals surface area contributed by atoms with E-state index in [1.165, 1.54) is 0 Å². The molecule has 68 valence electrons. The van der Waals surface area contributed by atoms with E-state index in [-0.39, 0.29) is 0 Å². The lowest BCUT2D eigenvalue weighted by Crippen LogP contribution is -1.93. The van der Waals surface area contributed by atoms with Crippen molar-refractivity contribution >= 4 is 39.2 Å². The summed E-state index contributed by atoms with van der Waals surface area (Å²) < 4.78 is 3.94. The molecule has 2 rings (SSSR count). The second kappa shape index (κ2) is 3.27. The van der Waals surface area contributed by atoms with Crippen molar-refractivity contribution in [3.05, 3.63) is 27.4 Å². The van der Waals surface area contributed by atoms with Crippen LogP contribution in [0.25, 0.3) is 11.0 Å². The van der Waals surface area contributed by atoms with Crippen molar-refractivity contribution in [2.24, 2.45) is 0 Å². The monoisotopic (exact) mass is 256 g/mol. The third-order valence-corrected chi connectivity index (χ3v) is 3.02. The van der Waals surface area contributed by atoms with Crippen LogP contribution in [0.2, 0.25) is 0 Å². The van der Waals surface area contributed by atoms with Crippen molar-refractivity contribution in [1.82, 2.24) is 9.55 Å². The Morgan fingerprint density at radius 3 is 3.00 bits per heavy atom. The molecule has 1 aromatic heterocycles. The van der Waals surface area contributed by atoms with E-state index in [9.17, 15) is 0 Å². The minimum Gasteiger partial charge on any atom is -0.331 e. The largest absolute Gasteiger partial charge is 0.331 e. The number of imidazole rings is 1. The molecular formula is C9H9BrN2S. The van der Waals surface area contributed by atoms with Gasteiger partial charge in [-0.15, -0.1) is 0 Å². The highest BCUT2D eigenvalue weighted by Crippen LogP contribution is 2.23. The molecule has 4 heteroatoms. The fourth-order valence-electron chi connectivity index (χ4n) is 1.48. The van der Waals surface area contributed by atoms with Gasteiger partial charge >= 0.3 is 0 Å². The molecule has 0 amide bonds. The number of para-hydroxylation sites is 1. The van der Waals surface area contributed by atoms with Crippen molar-refractivity contribution in [3.8, 4) is 0 Å². The normalized spacial score (nSPS) is 10.9. The van der Waals surface area contributed by atoms with Crippen molar-refractivity contribution < 1.29 is 0 Å². The summed E-state index contributed by atoms with van der Waals surface area (Å²) in [6, 6.07) is 6.05. The van der Waals surface area contributed by atoms with Crippen LogP contribution in [-0.2, 0) is 6.54 Å². The first-order valence-electron chi connectivity index (χ1n) is 4.11. The lowest BCUT2D eigenvalue weighted by Gasteiger charge is -2.00. The summed E-state index contributed by atoms with van der Waals surface area (Å²) in [5.41, 5.74) is 2.23. The maximum Gasteiger partial charge on any atom is 0.178 e. The molecule has 1 N–H and O–H groups in total. The molecule has 0 fully saturated rings. The maximum atomic E-state index is 5.20. The van der Waals surface area contributed by atoms with Gasteiger partial charge in [0.2, 0.25) is 0 Å². The molecule has 2 nitrogen and oxygen atoms in total. The number of halogens is 1. The van der Waals surface area contributed by atoms with Gasteiger partial charge in [0, 0.05) is 11.0 Å². The molecule has 0 saturated carbocycles. The zero-order valence-corrected chi connectivity index (χ0v) is 9.58. The molecule has 0 radical (unpaired) electrons. The molecule has 0 aliphatic heterocycles. The van der Waals surface area contributed by atoms with Gasteiger partial charge < -0.3 is 9.55 Å². The fraction of sp³-hybridized carbons (Fsp3) is 0.222. The van der Waals surface area contributed by atoms with Crippen molar-refractivity contribution in [2.75, 3.05) is 0 Å². The lowest BCUT2D eigenvalue weighted by molar-refractivity contribution is 0.773. The van der Waals surface area contributed by atoms with Gasteiger partial charge in [-0.3, -0.25) is 0 Å². The standard InChI is InChI=1S/C9H9BrN2S/c1-2-12-8-6(10)4-3-5-7(8)11-9(12)13/h3-5H,2H2,1H3,(H,11,13). The Kier molecular flexibility index (Phi) is 2.26. The lowest BCUT2D eigenvalue weighted by atomic mass is 10.3. The van der Waals surface area contributed by atoms with Crippen LogP contribution in [0.3, 0.4) is 0 Å². The number of hydrogen-bond donors (Lipinski definition) is 1. The van der Waals surface area contributed by atoms with Gasteiger partial charge in [-0.25, -0.2) is 0 Å². The topological polar surface area (TPSA) is 20.7 Å². The predicted molar refractivity (Wildman–Crippen MR) is 60.5 cm³/mol. The highest BCUT2D eigenvalue weighted by atomic mass is 79.9. The third-order valence-electron chi connectivity index (χ3n) is 2.06. The first-order chi connectivity index (χ1) is 6.24. The van der Waals surface area contributed by atoms with E-state index >= 15 is 0 Å². The smallest absolute Gasteiger partial charge is 0.178 e. The van der Waals surface area contributed by atoms with Crippen LogP contribution < -0.4 is 0 Å². The van der Waals surface area contributed by atoms with E-state index in [4.69, 9.17) is 12.2 Å². The average Bonchev–Trinajstić information content (AvgIpc) is 2.42. The van der Waals surface area contributed by atoms with Crippen LogP contribution in [0.4, 0.5) is 0 Å². The van der Waals surface area contributed by atoms with Gasteiger partial charge in [-0.2, -0.15) is 0 Å². The maximum absolute atomic E-state index is 5.20. The van der Waals surface area contributed by atoms with Crippen LogP contribution in [-0.4, -0.2) is 9.55 Å². The van der Waals surface area contributed by atoms with Gasteiger partial charge in [0.1, 0.15) is 0 Å². The Hall–Kier alpha value is -0.610. The summed E-state index contributed by atoms with van der Waals surface area (Å²) >= 11 is 8.71. The van der Waals surface area contributed by atoms with Gasteiger partial charge in [0.25, 0.3) is 0 Å². The first kappa shape index (κ1) is 8.97. The van der Waals surface area contributed by atoms with Crippen LogP contribution in [0, 0.1) is 4.77 Å². The minimum atomic E-state index is 0.782. The van der Waals surface area contributed by atoms with E-state index in [0.717, 1.165) is 26.8 Å². The van der Waals surface area contributed by atoms with Gasteiger partial charge in [-0.1, -0.05) is 6.07 Å². The number of nitrogens with zero attached hydrogens (tertiary/aromatic N) is 1. The van der Waals surface area contributed by atoms with E-state index in [1.54, 1.807) is 0 Å². The fourth-order valence-corrected chi connectivity index (χ4v) is 2.39. The number of aromatic amines is 1. The summed E-state index contributed by atoms with van der Waals surface area (Å²) in [6.07, 6.45) is 0. The number of fused-ring (bicyclic) bond motifs is 1. The molecule has 0 aliphatic carbocycles. The number of rotatable bonds is 1. The Morgan fingerprint density at radius 2 is 2.31 bits per heavy atom. The SMILES string of the molecule is CCn1c(=S)[nH]c2cccc(Br)c21. The summed E-state index contributed by atoms with van der Waals surface area (Å²) in [5.74, 6) is 0. The van der Waals surface area contributed by atoms with Crippen molar-refractivity contribution in [2.45, 2.75) is 13.5 Å². The van der Waals surface area contributed by atoms with Gasteiger partial charge in [0.15, 0.2) is 4.77 Å².